The Morgan fingerprint density at radius 1 is 1.71 bits per heavy atom. The van der Waals surface area contributed by atoms with E-state index in [2.05, 4.69) is 6.58 Å². The van der Waals surface area contributed by atoms with Crippen LogP contribution >= 0.6 is 0 Å². The van der Waals surface area contributed by atoms with Crippen LogP contribution in [0.5, 0.6) is 0 Å². The van der Waals surface area contributed by atoms with Gasteiger partial charge in [-0.15, -0.1) is 6.58 Å². The summed E-state index contributed by atoms with van der Waals surface area (Å²) in [6.07, 6.45) is 2.34. The minimum atomic E-state index is -0.410. The second-order valence-corrected chi connectivity index (χ2v) is 3.08. The van der Waals surface area contributed by atoms with Crippen LogP contribution in [0.4, 0.5) is 0 Å². The average Bonchev–Trinajstić information content (AvgIpc) is 2.22. The molecular formula is C10H20N2O2. The standard InChI is InChI=1S/C10H20N2O2/c1-4-6-12(7-8-14-3)10(13)9(11)5-2/h4,9H,1,5-8,11H2,2-3H3/t9-/m0/s1. The van der Waals surface area contributed by atoms with Crippen molar-refractivity contribution in [3.05, 3.63) is 12.7 Å². The van der Waals surface area contributed by atoms with E-state index >= 15 is 0 Å². The third kappa shape index (κ3) is 4.39. The molecule has 4 nitrogen and oxygen atoms in total. The van der Waals surface area contributed by atoms with E-state index in [9.17, 15) is 4.79 Å². The Kier molecular flexibility index (Phi) is 7.06. The number of hydrogen-bond acceptors (Lipinski definition) is 3. The van der Waals surface area contributed by atoms with Crippen LogP contribution in [0.25, 0.3) is 0 Å². The minimum absolute atomic E-state index is 0.0375. The van der Waals surface area contributed by atoms with Gasteiger partial charge < -0.3 is 15.4 Å². The molecule has 0 aliphatic rings. The van der Waals surface area contributed by atoms with Gasteiger partial charge in [0.1, 0.15) is 0 Å². The first kappa shape index (κ1) is 13.1. The molecule has 14 heavy (non-hydrogen) atoms. The molecule has 1 atom stereocenters. The molecule has 0 radical (unpaired) electrons. The Balaban J connectivity index is 4.16. The summed E-state index contributed by atoms with van der Waals surface area (Å²) in [5, 5.41) is 0. The van der Waals surface area contributed by atoms with Gasteiger partial charge in [0.05, 0.1) is 12.6 Å². The molecule has 0 fully saturated rings. The van der Waals surface area contributed by atoms with E-state index in [-0.39, 0.29) is 5.91 Å². The Morgan fingerprint density at radius 3 is 2.79 bits per heavy atom. The van der Waals surface area contributed by atoms with Crippen molar-refractivity contribution in [2.24, 2.45) is 5.73 Å². The Labute approximate surface area is 85.7 Å². The van der Waals surface area contributed by atoms with E-state index in [1.54, 1.807) is 18.1 Å². The Bertz CT molecular complexity index is 183. The highest BCUT2D eigenvalue weighted by Crippen LogP contribution is 1.97. The molecule has 0 saturated carbocycles. The van der Waals surface area contributed by atoms with Gasteiger partial charge in [-0.3, -0.25) is 4.79 Å². The van der Waals surface area contributed by atoms with Crippen LogP contribution in [0.2, 0.25) is 0 Å². The number of carbonyl (C=O) groups is 1. The van der Waals surface area contributed by atoms with Crippen LogP contribution in [0.15, 0.2) is 12.7 Å². The van der Waals surface area contributed by atoms with Gasteiger partial charge in [-0.1, -0.05) is 13.0 Å². The van der Waals surface area contributed by atoms with E-state index in [0.717, 1.165) is 0 Å². The van der Waals surface area contributed by atoms with E-state index < -0.39 is 6.04 Å². The summed E-state index contributed by atoms with van der Waals surface area (Å²) in [6.45, 7) is 7.11. The lowest BCUT2D eigenvalue weighted by Crippen LogP contribution is -2.44. The van der Waals surface area contributed by atoms with Gasteiger partial charge in [0.2, 0.25) is 5.91 Å². The topological polar surface area (TPSA) is 55.6 Å². The maximum Gasteiger partial charge on any atom is 0.239 e. The maximum absolute atomic E-state index is 11.7. The fourth-order valence-electron chi connectivity index (χ4n) is 1.06. The van der Waals surface area contributed by atoms with Gasteiger partial charge in [0, 0.05) is 20.2 Å². The number of nitrogens with zero attached hydrogens (tertiary/aromatic N) is 1. The number of carbonyl (C=O) groups excluding carboxylic acids is 1. The van der Waals surface area contributed by atoms with Crippen LogP contribution in [0, 0.1) is 0 Å². The average molecular weight is 200 g/mol. The molecule has 0 spiro atoms. The molecule has 0 bridgehead atoms. The van der Waals surface area contributed by atoms with Gasteiger partial charge in [-0.05, 0) is 6.42 Å². The predicted octanol–water partition coefficient (Wildman–Crippen LogP) is 0.385. The SMILES string of the molecule is C=CCN(CCOC)C(=O)[C@@H](N)CC. The van der Waals surface area contributed by atoms with E-state index in [1.165, 1.54) is 0 Å². The zero-order valence-electron chi connectivity index (χ0n) is 9.03. The highest BCUT2D eigenvalue weighted by atomic mass is 16.5. The van der Waals surface area contributed by atoms with Crippen LogP contribution in [-0.4, -0.2) is 43.7 Å². The number of ether oxygens (including phenoxy) is 1. The summed E-state index contributed by atoms with van der Waals surface area (Å²) in [6, 6.07) is -0.410. The van der Waals surface area contributed by atoms with Crippen molar-refractivity contribution in [1.29, 1.82) is 0 Å². The summed E-state index contributed by atoms with van der Waals surface area (Å²) < 4.78 is 4.91. The largest absolute Gasteiger partial charge is 0.383 e. The third-order valence-corrected chi connectivity index (χ3v) is 1.98. The molecular weight excluding hydrogens is 180 g/mol. The minimum Gasteiger partial charge on any atom is -0.383 e. The summed E-state index contributed by atoms with van der Waals surface area (Å²) >= 11 is 0. The number of nitrogens with two attached hydrogens (primary N) is 1. The molecule has 0 unspecified atom stereocenters. The first-order valence-electron chi connectivity index (χ1n) is 4.81. The van der Waals surface area contributed by atoms with Crippen molar-refractivity contribution < 1.29 is 9.53 Å². The number of hydrogen-bond donors (Lipinski definition) is 1. The fourth-order valence-corrected chi connectivity index (χ4v) is 1.06. The first-order valence-corrected chi connectivity index (χ1v) is 4.81. The van der Waals surface area contributed by atoms with Crippen molar-refractivity contribution in [3.8, 4) is 0 Å². The molecule has 1 amide bonds. The molecule has 4 heteroatoms. The van der Waals surface area contributed by atoms with Crippen molar-refractivity contribution in [1.82, 2.24) is 4.90 Å². The van der Waals surface area contributed by atoms with Crippen molar-refractivity contribution in [2.45, 2.75) is 19.4 Å². The van der Waals surface area contributed by atoms with Crippen molar-refractivity contribution in [3.63, 3.8) is 0 Å². The van der Waals surface area contributed by atoms with E-state index in [1.807, 2.05) is 6.92 Å². The highest BCUT2D eigenvalue weighted by molar-refractivity contribution is 5.81. The normalized spacial score (nSPS) is 12.2. The molecule has 0 aliphatic carbocycles. The predicted molar refractivity (Wildman–Crippen MR) is 56.9 cm³/mol. The lowest BCUT2D eigenvalue weighted by atomic mass is 10.2. The Hall–Kier alpha value is -0.870. The highest BCUT2D eigenvalue weighted by Gasteiger charge is 2.17. The molecule has 2 N–H and O–H groups in total. The van der Waals surface area contributed by atoms with Crippen LogP contribution in [0.3, 0.4) is 0 Å². The van der Waals surface area contributed by atoms with Gasteiger partial charge in [0.25, 0.3) is 0 Å². The van der Waals surface area contributed by atoms with Crippen molar-refractivity contribution >= 4 is 5.91 Å². The quantitative estimate of drug-likeness (QED) is 0.605. The smallest absolute Gasteiger partial charge is 0.239 e. The molecule has 0 saturated heterocycles. The lowest BCUT2D eigenvalue weighted by molar-refractivity contribution is -0.132. The number of amides is 1. The fraction of sp³-hybridized carbons (Fsp3) is 0.700. The second kappa shape index (κ2) is 7.53. The first-order chi connectivity index (χ1) is 6.67. The summed E-state index contributed by atoms with van der Waals surface area (Å²) in [4.78, 5) is 13.3. The molecule has 0 aromatic carbocycles. The lowest BCUT2D eigenvalue weighted by Gasteiger charge is -2.23. The molecule has 0 aliphatic heterocycles. The third-order valence-electron chi connectivity index (χ3n) is 1.98. The molecule has 0 heterocycles. The molecule has 0 aromatic rings. The zero-order chi connectivity index (χ0) is 11.0. The Morgan fingerprint density at radius 2 is 2.36 bits per heavy atom. The maximum atomic E-state index is 11.7. The second-order valence-electron chi connectivity index (χ2n) is 3.08. The van der Waals surface area contributed by atoms with Gasteiger partial charge in [-0.25, -0.2) is 0 Å². The summed E-state index contributed by atoms with van der Waals surface area (Å²) in [5.74, 6) is -0.0375. The monoisotopic (exact) mass is 200 g/mol. The molecule has 0 aromatic heterocycles. The van der Waals surface area contributed by atoms with Gasteiger partial charge in [-0.2, -0.15) is 0 Å². The van der Waals surface area contributed by atoms with E-state index in [4.69, 9.17) is 10.5 Å². The van der Waals surface area contributed by atoms with Gasteiger partial charge in [0.15, 0.2) is 0 Å². The zero-order valence-corrected chi connectivity index (χ0v) is 9.03. The van der Waals surface area contributed by atoms with Crippen molar-refractivity contribution in [2.75, 3.05) is 26.8 Å². The molecule has 0 rings (SSSR count). The molecule has 82 valence electrons. The van der Waals surface area contributed by atoms with Crippen LogP contribution in [0.1, 0.15) is 13.3 Å². The van der Waals surface area contributed by atoms with Crippen LogP contribution < -0.4 is 5.73 Å². The van der Waals surface area contributed by atoms with E-state index in [0.29, 0.717) is 26.1 Å². The summed E-state index contributed by atoms with van der Waals surface area (Å²) in [7, 11) is 1.61. The van der Waals surface area contributed by atoms with Crippen LogP contribution in [-0.2, 0) is 9.53 Å². The van der Waals surface area contributed by atoms with Gasteiger partial charge >= 0.3 is 0 Å². The number of rotatable bonds is 7. The summed E-state index contributed by atoms with van der Waals surface area (Å²) in [5.41, 5.74) is 5.65. The number of methoxy groups -OCH3 is 1.